The van der Waals surface area contributed by atoms with Crippen molar-refractivity contribution in [1.29, 1.82) is 0 Å². The summed E-state index contributed by atoms with van der Waals surface area (Å²) in [7, 11) is 0. The summed E-state index contributed by atoms with van der Waals surface area (Å²) >= 11 is 0. The van der Waals surface area contributed by atoms with E-state index < -0.39 is 40.7 Å². The van der Waals surface area contributed by atoms with Crippen molar-refractivity contribution in [3.63, 3.8) is 0 Å². The zero-order valence-electron chi connectivity index (χ0n) is 14.2. The molecule has 0 aliphatic rings. The van der Waals surface area contributed by atoms with Crippen LogP contribution >= 0.6 is 0 Å². The number of carbonyl (C=O) groups excluding carboxylic acids is 2. The first-order valence-electron chi connectivity index (χ1n) is 7.77. The van der Waals surface area contributed by atoms with E-state index in [1.54, 1.807) is 0 Å². The Hall–Kier alpha value is -2.12. The Balaban J connectivity index is 2.85. The number of ether oxygens (including phenoxy) is 2. The van der Waals surface area contributed by atoms with Gasteiger partial charge in [-0.1, -0.05) is 25.8 Å². The van der Waals surface area contributed by atoms with Crippen molar-refractivity contribution in [2.75, 3.05) is 6.61 Å². The molecular formula is C17H20F4O4. The van der Waals surface area contributed by atoms with E-state index in [9.17, 15) is 27.2 Å². The molecule has 140 valence electrons. The lowest BCUT2D eigenvalue weighted by Gasteiger charge is -2.21. The Morgan fingerprint density at radius 3 is 2.28 bits per heavy atom. The number of hydrogen-bond donors (Lipinski definition) is 0. The van der Waals surface area contributed by atoms with Crippen molar-refractivity contribution in [1.82, 2.24) is 0 Å². The van der Waals surface area contributed by atoms with Gasteiger partial charge in [0.15, 0.2) is 17.0 Å². The topological polar surface area (TPSA) is 52.6 Å². The lowest BCUT2D eigenvalue weighted by molar-refractivity contribution is -0.165. The largest absolute Gasteiger partial charge is 0.465 e. The maximum absolute atomic E-state index is 13.9. The molecule has 0 aliphatic heterocycles. The smallest absolute Gasteiger partial charge is 0.419 e. The van der Waals surface area contributed by atoms with E-state index in [1.165, 1.54) is 13.8 Å². The summed E-state index contributed by atoms with van der Waals surface area (Å²) in [6.07, 6.45) is -2.55. The quantitative estimate of drug-likeness (QED) is 0.235. The SMILES string of the molecule is CCCCCOC(=O)C(C)(C)C(=O)Oc1cccc(C(F)(F)F)c1F. The van der Waals surface area contributed by atoms with Gasteiger partial charge in [0, 0.05) is 0 Å². The van der Waals surface area contributed by atoms with Crippen LogP contribution < -0.4 is 4.74 Å². The Bertz CT molecular complexity index is 624. The number of rotatable bonds is 7. The fraction of sp³-hybridized carbons (Fsp3) is 0.529. The lowest BCUT2D eigenvalue weighted by atomic mass is 9.94. The summed E-state index contributed by atoms with van der Waals surface area (Å²) in [6, 6.07) is 2.32. The predicted octanol–water partition coefficient (Wildman–Crippen LogP) is 4.51. The van der Waals surface area contributed by atoms with Gasteiger partial charge in [0.1, 0.15) is 0 Å². The van der Waals surface area contributed by atoms with Crippen molar-refractivity contribution < 1.29 is 36.6 Å². The van der Waals surface area contributed by atoms with E-state index in [2.05, 4.69) is 4.74 Å². The summed E-state index contributed by atoms with van der Waals surface area (Å²) in [5.41, 5.74) is -3.34. The number of unbranched alkanes of at least 4 members (excludes halogenated alkanes) is 2. The van der Waals surface area contributed by atoms with Crippen LogP contribution in [0.1, 0.15) is 45.6 Å². The molecule has 0 amide bonds. The summed E-state index contributed by atoms with van der Waals surface area (Å²) in [5, 5.41) is 0. The molecule has 1 aromatic rings. The van der Waals surface area contributed by atoms with Crippen LogP contribution in [0.5, 0.6) is 5.75 Å². The molecule has 0 heterocycles. The van der Waals surface area contributed by atoms with Crippen LogP contribution in [0.2, 0.25) is 0 Å². The van der Waals surface area contributed by atoms with Gasteiger partial charge in [-0.25, -0.2) is 4.39 Å². The van der Waals surface area contributed by atoms with Gasteiger partial charge >= 0.3 is 18.1 Å². The molecule has 0 radical (unpaired) electrons. The second-order valence-electron chi connectivity index (χ2n) is 5.97. The van der Waals surface area contributed by atoms with Crippen molar-refractivity contribution in [3.05, 3.63) is 29.6 Å². The molecule has 0 spiro atoms. The van der Waals surface area contributed by atoms with Crippen LogP contribution in [0.3, 0.4) is 0 Å². The molecule has 0 atom stereocenters. The number of hydrogen-bond acceptors (Lipinski definition) is 4. The molecule has 0 aromatic heterocycles. The van der Waals surface area contributed by atoms with E-state index >= 15 is 0 Å². The number of benzene rings is 1. The number of esters is 2. The fourth-order valence-electron chi connectivity index (χ4n) is 1.82. The van der Waals surface area contributed by atoms with Gasteiger partial charge in [0.25, 0.3) is 0 Å². The highest BCUT2D eigenvalue weighted by molar-refractivity contribution is 5.99. The van der Waals surface area contributed by atoms with Crippen molar-refractivity contribution >= 4 is 11.9 Å². The molecule has 0 unspecified atom stereocenters. The zero-order valence-corrected chi connectivity index (χ0v) is 14.2. The standard InChI is InChI=1S/C17H20F4O4/c1-4-5-6-10-24-14(22)16(2,3)15(23)25-12-9-7-8-11(13(12)18)17(19,20)21/h7-9H,4-6,10H2,1-3H3. The van der Waals surface area contributed by atoms with E-state index in [0.29, 0.717) is 12.5 Å². The fourth-order valence-corrected chi connectivity index (χ4v) is 1.82. The van der Waals surface area contributed by atoms with Crippen LogP contribution in [0.4, 0.5) is 17.6 Å². The molecular weight excluding hydrogens is 344 g/mol. The average molecular weight is 364 g/mol. The lowest BCUT2D eigenvalue weighted by Crippen LogP contribution is -2.38. The van der Waals surface area contributed by atoms with Crippen LogP contribution in [-0.2, 0) is 20.5 Å². The molecule has 0 fully saturated rings. The third kappa shape index (κ3) is 5.44. The van der Waals surface area contributed by atoms with Gasteiger partial charge in [-0.05, 0) is 32.4 Å². The van der Waals surface area contributed by atoms with Crippen molar-refractivity contribution in [2.24, 2.45) is 5.41 Å². The maximum atomic E-state index is 13.9. The summed E-state index contributed by atoms with van der Waals surface area (Å²) in [6.45, 7) is 4.47. The van der Waals surface area contributed by atoms with E-state index in [0.717, 1.165) is 25.0 Å². The predicted molar refractivity (Wildman–Crippen MR) is 81.3 cm³/mol. The Kier molecular flexibility index (Phi) is 6.96. The first-order chi connectivity index (χ1) is 11.5. The maximum Gasteiger partial charge on any atom is 0.419 e. The minimum atomic E-state index is -4.93. The van der Waals surface area contributed by atoms with Gasteiger partial charge in [0.2, 0.25) is 0 Å². The molecule has 1 aromatic carbocycles. The molecule has 0 saturated carbocycles. The highest BCUT2D eigenvalue weighted by Gasteiger charge is 2.41. The van der Waals surface area contributed by atoms with Crippen LogP contribution in [-0.4, -0.2) is 18.5 Å². The van der Waals surface area contributed by atoms with Gasteiger partial charge in [-0.15, -0.1) is 0 Å². The monoisotopic (exact) mass is 364 g/mol. The number of carbonyl (C=O) groups is 2. The zero-order chi connectivity index (χ0) is 19.3. The minimum absolute atomic E-state index is 0.112. The molecule has 1 rings (SSSR count). The van der Waals surface area contributed by atoms with Gasteiger partial charge in [-0.3, -0.25) is 9.59 Å². The first kappa shape index (κ1) is 20.9. The molecule has 0 aliphatic carbocycles. The van der Waals surface area contributed by atoms with E-state index in [1.807, 2.05) is 6.92 Å². The third-order valence-corrected chi connectivity index (χ3v) is 3.47. The molecule has 0 N–H and O–H groups in total. The Morgan fingerprint density at radius 1 is 1.08 bits per heavy atom. The highest BCUT2D eigenvalue weighted by Crippen LogP contribution is 2.35. The molecule has 25 heavy (non-hydrogen) atoms. The second-order valence-corrected chi connectivity index (χ2v) is 5.97. The average Bonchev–Trinajstić information content (AvgIpc) is 2.52. The van der Waals surface area contributed by atoms with E-state index in [4.69, 9.17) is 4.74 Å². The second kappa shape index (κ2) is 8.31. The van der Waals surface area contributed by atoms with Crippen molar-refractivity contribution in [3.8, 4) is 5.75 Å². The molecule has 0 bridgehead atoms. The molecule has 4 nitrogen and oxygen atoms in total. The van der Waals surface area contributed by atoms with E-state index in [-0.39, 0.29) is 6.61 Å². The summed E-state index contributed by atoms with van der Waals surface area (Å²) in [5.74, 6) is -4.70. The van der Waals surface area contributed by atoms with Crippen LogP contribution in [0, 0.1) is 11.2 Å². The van der Waals surface area contributed by atoms with Gasteiger partial charge in [0.05, 0.1) is 12.2 Å². The van der Waals surface area contributed by atoms with Crippen molar-refractivity contribution in [2.45, 2.75) is 46.2 Å². The normalized spacial score (nSPS) is 12.0. The molecule has 0 saturated heterocycles. The molecule has 8 heteroatoms. The third-order valence-electron chi connectivity index (χ3n) is 3.47. The highest BCUT2D eigenvalue weighted by atomic mass is 19.4. The number of alkyl halides is 3. The summed E-state index contributed by atoms with van der Waals surface area (Å²) in [4.78, 5) is 24.1. The van der Waals surface area contributed by atoms with Gasteiger partial charge in [-0.2, -0.15) is 13.2 Å². The van der Waals surface area contributed by atoms with Gasteiger partial charge < -0.3 is 9.47 Å². The number of halogens is 4. The minimum Gasteiger partial charge on any atom is -0.465 e. The Morgan fingerprint density at radius 2 is 1.72 bits per heavy atom. The Labute approximate surface area is 143 Å². The van der Waals surface area contributed by atoms with Crippen LogP contribution in [0.25, 0.3) is 0 Å². The van der Waals surface area contributed by atoms with Crippen LogP contribution in [0.15, 0.2) is 18.2 Å². The first-order valence-corrected chi connectivity index (χ1v) is 7.77. The summed E-state index contributed by atoms with van der Waals surface area (Å²) < 4.78 is 61.6.